The van der Waals surface area contributed by atoms with Crippen LogP contribution in [-0.2, 0) is 6.54 Å². The van der Waals surface area contributed by atoms with Crippen molar-refractivity contribution < 1.29 is 18.4 Å². The maximum Gasteiger partial charge on any atom is 0.387 e. The lowest BCUT2D eigenvalue weighted by molar-refractivity contribution is -0.385. The molecule has 0 spiro atoms. The predicted molar refractivity (Wildman–Crippen MR) is 74.1 cm³/mol. The van der Waals surface area contributed by atoms with Gasteiger partial charge in [-0.05, 0) is 12.1 Å². The van der Waals surface area contributed by atoms with Crippen LogP contribution in [0.5, 0.6) is 5.75 Å². The van der Waals surface area contributed by atoms with Gasteiger partial charge in [0.25, 0.3) is 5.69 Å². The summed E-state index contributed by atoms with van der Waals surface area (Å²) in [6.45, 7) is -2.70. The van der Waals surface area contributed by atoms with E-state index in [0.717, 1.165) is 12.4 Å². The van der Waals surface area contributed by atoms with Crippen LogP contribution in [0.3, 0.4) is 0 Å². The van der Waals surface area contributed by atoms with Gasteiger partial charge >= 0.3 is 6.61 Å². The summed E-state index contributed by atoms with van der Waals surface area (Å²) in [6.07, 6.45) is 2.23. The fourth-order valence-corrected chi connectivity index (χ4v) is 1.75. The summed E-state index contributed by atoms with van der Waals surface area (Å²) in [5.41, 5.74) is 0.306. The smallest absolute Gasteiger partial charge is 0.387 e. The van der Waals surface area contributed by atoms with Crippen LogP contribution in [0.2, 0.25) is 5.02 Å². The topological polar surface area (TPSA) is 90.2 Å². The van der Waals surface area contributed by atoms with Crippen LogP contribution in [0.25, 0.3) is 0 Å². The molecule has 0 saturated carbocycles. The third-order valence-electron chi connectivity index (χ3n) is 2.50. The van der Waals surface area contributed by atoms with Crippen molar-refractivity contribution in [3.63, 3.8) is 0 Å². The molecule has 0 atom stereocenters. The van der Waals surface area contributed by atoms with Crippen molar-refractivity contribution in [3.8, 4) is 5.75 Å². The maximum absolute atomic E-state index is 12.0. The Morgan fingerprint density at radius 2 is 2.14 bits per heavy atom. The Balaban J connectivity index is 1.99. The second kappa shape index (κ2) is 6.94. The number of anilines is 1. The van der Waals surface area contributed by atoms with Crippen LogP contribution in [0.4, 0.5) is 20.3 Å². The zero-order valence-electron chi connectivity index (χ0n) is 10.9. The number of hydrogen-bond donors (Lipinski definition) is 1. The fourth-order valence-electron chi connectivity index (χ4n) is 1.52. The predicted octanol–water partition coefficient (Wildman–Crippen LogP) is 3.25. The summed E-state index contributed by atoms with van der Waals surface area (Å²) >= 11 is 5.87. The molecule has 0 unspecified atom stereocenters. The Morgan fingerprint density at radius 1 is 1.36 bits per heavy atom. The Labute approximate surface area is 128 Å². The van der Waals surface area contributed by atoms with Gasteiger partial charge in [0.15, 0.2) is 0 Å². The first-order chi connectivity index (χ1) is 10.5. The Kier molecular flexibility index (Phi) is 4.99. The quantitative estimate of drug-likeness (QED) is 0.646. The zero-order chi connectivity index (χ0) is 16.1. The molecule has 116 valence electrons. The molecule has 0 bridgehead atoms. The van der Waals surface area contributed by atoms with E-state index in [-0.39, 0.29) is 28.8 Å². The van der Waals surface area contributed by atoms with Crippen LogP contribution >= 0.6 is 11.6 Å². The molecule has 0 fully saturated rings. The van der Waals surface area contributed by atoms with E-state index in [9.17, 15) is 18.9 Å². The normalized spacial score (nSPS) is 10.5. The Hall–Kier alpha value is -2.55. The zero-order valence-corrected chi connectivity index (χ0v) is 11.6. The molecule has 7 nitrogen and oxygen atoms in total. The van der Waals surface area contributed by atoms with Crippen molar-refractivity contribution >= 4 is 23.1 Å². The SMILES string of the molecule is O=[N+]([O-])c1cnc(NCc2ccc(OC(F)F)cn2)c(Cl)c1. The van der Waals surface area contributed by atoms with Gasteiger partial charge in [-0.2, -0.15) is 8.78 Å². The highest BCUT2D eigenvalue weighted by Gasteiger charge is 2.11. The van der Waals surface area contributed by atoms with Gasteiger partial charge in [0.05, 0.1) is 28.4 Å². The van der Waals surface area contributed by atoms with Gasteiger partial charge in [-0.25, -0.2) is 4.98 Å². The van der Waals surface area contributed by atoms with Gasteiger partial charge in [-0.15, -0.1) is 0 Å². The fraction of sp³-hybridized carbons (Fsp3) is 0.167. The molecule has 2 aromatic heterocycles. The molecule has 0 saturated heterocycles. The number of nitrogens with zero attached hydrogens (tertiary/aromatic N) is 3. The molecule has 22 heavy (non-hydrogen) atoms. The average molecular weight is 331 g/mol. The standard InChI is InChI=1S/C12H9ClF2N4O3/c13-10-3-8(19(20)21)5-18-11(10)17-4-7-1-2-9(6-16-7)22-12(14)15/h1-3,5-6,12H,4H2,(H,17,18). The van der Waals surface area contributed by atoms with Crippen molar-refractivity contribution in [1.29, 1.82) is 0 Å². The largest absolute Gasteiger partial charge is 0.433 e. The molecule has 2 aromatic rings. The van der Waals surface area contributed by atoms with Crippen LogP contribution in [-0.4, -0.2) is 21.5 Å². The van der Waals surface area contributed by atoms with E-state index < -0.39 is 11.5 Å². The molecule has 0 aromatic carbocycles. The van der Waals surface area contributed by atoms with Gasteiger partial charge in [-0.1, -0.05) is 11.6 Å². The Morgan fingerprint density at radius 3 is 2.68 bits per heavy atom. The van der Waals surface area contributed by atoms with Crippen molar-refractivity contribution in [1.82, 2.24) is 9.97 Å². The van der Waals surface area contributed by atoms with E-state index in [0.29, 0.717) is 5.69 Å². The lowest BCUT2D eigenvalue weighted by atomic mass is 10.3. The highest BCUT2D eigenvalue weighted by molar-refractivity contribution is 6.33. The molecule has 1 N–H and O–H groups in total. The monoisotopic (exact) mass is 330 g/mol. The number of aromatic nitrogens is 2. The summed E-state index contributed by atoms with van der Waals surface area (Å²) in [7, 11) is 0. The first-order valence-electron chi connectivity index (χ1n) is 5.89. The summed E-state index contributed by atoms with van der Waals surface area (Å²) in [6, 6.07) is 4.01. The van der Waals surface area contributed by atoms with E-state index >= 15 is 0 Å². The van der Waals surface area contributed by atoms with Crippen molar-refractivity contribution in [2.75, 3.05) is 5.32 Å². The molecule has 0 radical (unpaired) electrons. The minimum atomic E-state index is -2.91. The number of pyridine rings is 2. The number of halogens is 3. The second-order valence-electron chi connectivity index (χ2n) is 4.00. The van der Waals surface area contributed by atoms with Gasteiger partial charge in [-0.3, -0.25) is 15.1 Å². The number of nitrogens with one attached hydrogen (secondary N) is 1. The summed E-state index contributed by atoms with van der Waals surface area (Å²) in [4.78, 5) is 17.7. The van der Waals surface area contributed by atoms with E-state index in [4.69, 9.17) is 11.6 Å². The second-order valence-corrected chi connectivity index (χ2v) is 4.41. The highest BCUT2D eigenvalue weighted by Crippen LogP contribution is 2.24. The van der Waals surface area contributed by atoms with Crippen molar-refractivity contribution in [2.45, 2.75) is 13.2 Å². The summed E-state index contributed by atoms with van der Waals surface area (Å²) in [5.74, 6) is 0.201. The third kappa shape index (κ3) is 4.22. The first-order valence-corrected chi connectivity index (χ1v) is 6.27. The van der Waals surface area contributed by atoms with E-state index in [1.807, 2.05) is 0 Å². The highest BCUT2D eigenvalue weighted by atomic mass is 35.5. The third-order valence-corrected chi connectivity index (χ3v) is 2.79. The average Bonchev–Trinajstić information content (AvgIpc) is 2.46. The van der Waals surface area contributed by atoms with Gasteiger partial charge < -0.3 is 10.1 Å². The van der Waals surface area contributed by atoms with Gasteiger partial charge in [0, 0.05) is 6.07 Å². The molecule has 0 aliphatic rings. The molecule has 0 amide bonds. The molecular formula is C12H9ClF2N4O3. The van der Waals surface area contributed by atoms with Crippen LogP contribution < -0.4 is 10.1 Å². The summed E-state index contributed by atoms with van der Waals surface area (Å²) < 4.78 is 28.2. The van der Waals surface area contributed by atoms with E-state index in [1.165, 1.54) is 18.2 Å². The van der Waals surface area contributed by atoms with Crippen LogP contribution in [0, 0.1) is 10.1 Å². The van der Waals surface area contributed by atoms with Gasteiger partial charge in [0.1, 0.15) is 17.8 Å². The number of nitro groups is 1. The molecule has 0 aliphatic heterocycles. The number of rotatable bonds is 6. The number of alkyl halides is 2. The molecule has 2 heterocycles. The van der Waals surface area contributed by atoms with Crippen molar-refractivity contribution in [3.05, 3.63) is 51.4 Å². The maximum atomic E-state index is 12.0. The lowest BCUT2D eigenvalue weighted by Crippen LogP contribution is -2.05. The molecular weight excluding hydrogens is 322 g/mol. The number of ether oxygens (including phenoxy) is 1. The summed E-state index contributed by atoms with van der Waals surface area (Å²) in [5, 5.41) is 13.5. The van der Waals surface area contributed by atoms with Crippen LogP contribution in [0.15, 0.2) is 30.6 Å². The molecule has 2 rings (SSSR count). The van der Waals surface area contributed by atoms with Crippen LogP contribution in [0.1, 0.15) is 5.69 Å². The van der Waals surface area contributed by atoms with E-state index in [1.54, 1.807) is 0 Å². The lowest BCUT2D eigenvalue weighted by Gasteiger charge is -2.08. The van der Waals surface area contributed by atoms with E-state index in [2.05, 4.69) is 20.0 Å². The Bertz CT molecular complexity index is 670. The van der Waals surface area contributed by atoms with Crippen molar-refractivity contribution in [2.24, 2.45) is 0 Å². The molecule has 0 aliphatic carbocycles. The minimum Gasteiger partial charge on any atom is -0.433 e. The molecule has 10 heteroatoms. The number of hydrogen-bond acceptors (Lipinski definition) is 6. The van der Waals surface area contributed by atoms with Gasteiger partial charge in [0.2, 0.25) is 0 Å². The first kappa shape index (κ1) is 15.8. The minimum absolute atomic E-state index is 0.0507.